The summed E-state index contributed by atoms with van der Waals surface area (Å²) in [6.07, 6.45) is 54.1. The molecule has 17 nitrogen and oxygen atoms in total. The molecule has 5 atom stereocenters. The summed E-state index contributed by atoms with van der Waals surface area (Å²) in [6.45, 7) is 11.9. The second-order valence-corrected chi connectivity index (χ2v) is 32.1. The first-order chi connectivity index (χ1) is 46.2. The first kappa shape index (κ1) is 94.1. The summed E-state index contributed by atoms with van der Waals surface area (Å²) in [6, 6.07) is 0. The van der Waals surface area contributed by atoms with Gasteiger partial charge >= 0.3 is 39.5 Å². The van der Waals surface area contributed by atoms with Gasteiger partial charge in [-0.2, -0.15) is 0 Å². The van der Waals surface area contributed by atoms with Gasteiger partial charge in [-0.25, -0.2) is 9.13 Å². The van der Waals surface area contributed by atoms with Crippen LogP contribution in [0.5, 0.6) is 0 Å². The number of hydrogen-bond acceptors (Lipinski definition) is 15. The highest BCUT2D eigenvalue weighted by atomic mass is 31.2. The topological polar surface area (TPSA) is 237 Å². The number of carbonyl (C=O) groups excluding carboxylic acids is 4. The minimum Gasteiger partial charge on any atom is -0.462 e. The van der Waals surface area contributed by atoms with E-state index in [-0.39, 0.29) is 25.7 Å². The maximum atomic E-state index is 13.1. The Kier molecular flexibility index (Phi) is 66.2. The number of carbonyl (C=O) groups is 4. The largest absolute Gasteiger partial charge is 0.472 e. The fourth-order valence-corrected chi connectivity index (χ4v) is 13.4. The van der Waals surface area contributed by atoms with Crippen molar-refractivity contribution >= 4 is 39.5 Å². The van der Waals surface area contributed by atoms with Gasteiger partial charge in [0.15, 0.2) is 12.2 Å². The van der Waals surface area contributed by atoms with Gasteiger partial charge in [0.25, 0.3) is 0 Å². The van der Waals surface area contributed by atoms with E-state index < -0.39 is 97.5 Å². The SMILES string of the molecule is CCCCCCCCCCCCCCCCCCCCC(=O)O[C@H](COC(=O)CCCCCCCCCCCCCC(C)C)COP(=O)(O)OC[C@@H](O)COP(=O)(O)OC[C@@H](COC(=O)CCCCCCCCCCC(C)C)OC(=O)CCCCCCCCCCCCC(C)C. The molecular weight excluding hydrogens is 1260 g/mol. The molecule has 0 saturated carbocycles. The van der Waals surface area contributed by atoms with Crippen LogP contribution in [0, 0.1) is 17.8 Å². The smallest absolute Gasteiger partial charge is 0.462 e. The summed E-state index contributed by atoms with van der Waals surface area (Å²) >= 11 is 0. The highest BCUT2D eigenvalue weighted by Crippen LogP contribution is 2.45. The number of phosphoric ester groups is 2. The van der Waals surface area contributed by atoms with Crippen LogP contribution in [0.15, 0.2) is 0 Å². The maximum Gasteiger partial charge on any atom is 0.472 e. The van der Waals surface area contributed by atoms with Crippen molar-refractivity contribution in [3.8, 4) is 0 Å². The van der Waals surface area contributed by atoms with Crippen LogP contribution in [0.2, 0.25) is 0 Å². The molecule has 0 aromatic carbocycles. The molecule has 570 valence electrons. The Labute approximate surface area is 588 Å². The van der Waals surface area contributed by atoms with Crippen LogP contribution >= 0.6 is 15.6 Å². The van der Waals surface area contributed by atoms with E-state index >= 15 is 0 Å². The maximum absolute atomic E-state index is 13.1. The Morgan fingerprint density at radius 3 is 0.708 bits per heavy atom. The molecular formula is C77H150O17P2. The summed E-state index contributed by atoms with van der Waals surface area (Å²) < 4.78 is 68.6. The van der Waals surface area contributed by atoms with Crippen LogP contribution in [-0.4, -0.2) is 96.7 Å². The minimum absolute atomic E-state index is 0.105. The van der Waals surface area contributed by atoms with Crippen molar-refractivity contribution in [3.63, 3.8) is 0 Å². The van der Waals surface area contributed by atoms with Crippen LogP contribution in [0.25, 0.3) is 0 Å². The van der Waals surface area contributed by atoms with Crippen molar-refractivity contribution in [1.82, 2.24) is 0 Å². The van der Waals surface area contributed by atoms with E-state index in [1.165, 1.54) is 205 Å². The third kappa shape index (κ3) is 70.5. The van der Waals surface area contributed by atoms with E-state index in [1.54, 1.807) is 0 Å². The lowest BCUT2D eigenvalue weighted by Gasteiger charge is -2.21. The molecule has 0 aliphatic heterocycles. The Morgan fingerprint density at radius 2 is 0.479 bits per heavy atom. The monoisotopic (exact) mass is 1410 g/mol. The van der Waals surface area contributed by atoms with Crippen LogP contribution in [-0.2, 0) is 65.4 Å². The third-order valence-electron chi connectivity index (χ3n) is 17.9. The van der Waals surface area contributed by atoms with Gasteiger partial charge in [0.05, 0.1) is 26.4 Å². The quantitative estimate of drug-likeness (QED) is 0.0222. The highest BCUT2D eigenvalue weighted by Gasteiger charge is 2.30. The van der Waals surface area contributed by atoms with E-state index in [0.29, 0.717) is 25.7 Å². The highest BCUT2D eigenvalue weighted by molar-refractivity contribution is 7.47. The number of phosphoric acid groups is 2. The summed E-state index contributed by atoms with van der Waals surface area (Å²) in [5.41, 5.74) is 0. The zero-order chi connectivity index (χ0) is 70.9. The number of esters is 4. The van der Waals surface area contributed by atoms with Crippen LogP contribution in [0.1, 0.15) is 395 Å². The fraction of sp³-hybridized carbons (Fsp3) is 0.948. The Morgan fingerprint density at radius 1 is 0.281 bits per heavy atom. The number of aliphatic hydroxyl groups excluding tert-OH is 1. The molecule has 0 aliphatic carbocycles. The molecule has 0 radical (unpaired) electrons. The van der Waals surface area contributed by atoms with Gasteiger partial charge in [-0.05, 0) is 43.4 Å². The molecule has 3 N–H and O–H groups in total. The first-order valence-electron chi connectivity index (χ1n) is 39.8. The normalized spacial score (nSPS) is 14.1. The van der Waals surface area contributed by atoms with Crippen LogP contribution in [0.3, 0.4) is 0 Å². The molecule has 0 bridgehead atoms. The van der Waals surface area contributed by atoms with Gasteiger partial charge in [0.2, 0.25) is 0 Å². The van der Waals surface area contributed by atoms with Gasteiger partial charge < -0.3 is 33.8 Å². The molecule has 0 spiro atoms. The van der Waals surface area contributed by atoms with Crippen molar-refractivity contribution < 1.29 is 80.2 Å². The second kappa shape index (κ2) is 67.5. The van der Waals surface area contributed by atoms with Gasteiger partial charge in [-0.15, -0.1) is 0 Å². The predicted octanol–water partition coefficient (Wildman–Crippen LogP) is 22.6. The lowest BCUT2D eigenvalue weighted by Crippen LogP contribution is -2.30. The Hall–Kier alpha value is -1.94. The lowest BCUT2D eigenvalue weighted by molar-refractivity contribution is -0.161. The second-order valence-electron chi connectivity index (χ2n) is 29.2. The Balaban J connectivity index is 5.25. The van der Waals surface area contributed by atoms with Crippen molar-refractivity contribution in [3.05, 3.63) is 0 Å². The first-order valence-corrected chi connectivity index (χ1v) is 42.8. The average molecular weight is 1410 g/mol. The number of unbranched alkanes of at least 4 members (excludes halogenated alkanes) is 43. The molecule has 19 heteroatoms. The van der Waals surface area contributed by atoms with Gasteiger partial charge in [-0.1, -0.05) is 344 Å². The average Bonchev–Trinajstić information content (AvgIpc) is 1.63. The molecule has 0 aliphatic rings. The van der Waals surface area contributed by atoms with E-state index in [9.17, 15) is 43.2 Å². The summed E-state index contributed by atoms with van der Waals surface area (Å²) in [4.78, 5) is 72.9. The van der Waals surface area contributed by atoms with Crippen molar-refractivity contribution in [1.29, 1.82) is 0 Å². The number of rotatable bonds is 75. The van der Waals surface area contributed by atoms with E-state index in [4.69, 9.17) is 37.0 Å². The summed E-state index contributed by atoms with van der Waals surface area (Å²) in [5.74, 6) is 0.133. The third-order valence-corrected chi connectivity index (χ3v) is 19.8. The van der Waals surface area contributed by atoms with Crippen molar-refractivity contribution in [2.45, 2.75) is 414 Å². The Bertz CT molecular complexity index is 1870. The summed E-state index contributed by atoms with van der Waals surface area (Å²) in [5, 5.41) is 10.6. The molecule has 0 heterocycles. The van der Waals surface area contributed by atoms with Crippen molar-refractivity contribution in [2.75, 3.05) is 39.6 Å². The number of hydrogen-bond donors (Lipinski definition) is 3. The minimum atomic E-state index is -4.96. The summed E-state index contributed by atoms with van der Waals surface area (Å²) in [7, 11) is -9.91. The van der Waals surface area contributed by atoms with Crippen molar-refractivity contribution in [2.24, 2.45) is 17.8 Å². The molecule has 2 unspecified atom stereocenters. The molecule has 0 saturated heterocycles. The molecule has 0 amide bonds. The van der Waals surface area contributed by atoms with Crippen LogP contribution in [0.4, 0.5) is 0 Å². The lowest BCUT2D eigenvalue weighted by atomic mass is 10.0. The zero-order valence-electron chi connectivity index (χ0n) is 62.8. The van der Waals surface area contributed by atoms with Gasteiger partial charge in [0.1, 0.15) is 19.3 Å². The van der Waals surface area contributed by atoms with Gasteiger partial charge in [-0.3, -0.25) is 37.3 Å². The molecule has 96 heavy (non-hydrogen) atoms. The van der Waals surface area contributed by atoms with E-state index in [2.05, 4.69) is 48.5 Å². The predicted molar refractivity (Wildman–Crippen MR) is 391 cm³/mol. The van der Waals surface area contributed by atoms with E-state index in [0.717, 1.165) is 108 Å². The fourth-order valence-electron chi connectivity index (χ4n) is 11.8. The number of ether oxygens (including phenoxy) is 4. The van der Waals surface area contributed by atoms with Gasteiger partial charge in [0, 0.05) is 25.7 Å². The number of aliphatic hydroxyl groups is 1. The molecule has 0 aromatic rings. The molecule has 0 fully saturated rings. The van der Waals surface area contributed by atoms with Crippen LogP contribution < -0.4 is 0 Å². The standard InChI is InChI=1S/C77H150O17P2/c1-8-9-10-11-12-13-14-15-16-17-18-19-20-23-30-39-46-53-60-76(81)93-72(64-87-74(79)58-51-44-37-29-24-21-22-27-34-41-48-55-68(2)3)66-91-95(83,84)89-62-71(78)63-90-96(85,86)92-67-73(65-88-75(80)59-52-45-38-33-32-36-43-50-57-70(6)7)94-77(82)61-54-47-40-31-26-25-28-35-42-49-56-69(4)5/h68-73,78H,8-67H2,1-7H3,(H,83,84)(H,85,86)/t71-,72-,73-/m1/s1. The molecule has 0 aromatic heterocycles. The zero-order valence-corrected chi connectivity index (χ0v) is 64.6. The van der Waals surface area contributed by atoms with E-state index in [1.807, 2.05) is 0 Å². The molecule has 0 rings (SSSR count).